The second-order valence-corrected chi connectivity index (χ2v) is 3.70. The van der Waals surface area contributed by atoms with Crippen LogP contribution in [-0.2, 0) is 10.1 Å². The van der Waals surface area contributed by atoms with Gasteiger partial charge in [0.2, 0.25) is 0 Å². The van der Waals surface area contributed by atoms with E-state index in [1.54, 1.807) is 6.07 Å². The van der Waals surface area contributed by atoms with Crippen LogP contribution in [-0.4, -0.2) is 64.4 Å². The Morgan fingerprint density at radius 2 is 1.75 bits per heavy atom. The van der Waals surface area contributed by atoms with Crippen LogP contribution in [0.5, 0.6) is 0 Å². The molecule has 0 aliphatic carbocycles. The van der Waals surface area contributed by atoms with Crippen molar-refractivity contribution in [1.29, 1.82) is 0 Å². The Balaban J connectivity index is 0.00000121. The summed E-state index contributed by atoms with van der Waals surface area (Å²) < 4.78 is 29.6. The fourth-order valence-corrected chi connectivity index (χ4v) is 1.65. The van der Waals surface area contributed by atoms with Gasteiger partial charge in [0.25, 0.3) is 10.1 Å². The van der Waals surface area contributed by atoms with Crippen LogP contribution in [0.4, 0.5) is 0 Å². The van der Waals surface area contributed by atoms with Gasteiger partial charge in [-0.3, -0.25) is 4.55 Å². The third-order valence-corrected chi connectivity index (χ3v) is 2.47. The summed E-state index contributed by atoms with van der Waals surface area (Å²) in [6.07, 6.45) is 0. The molecule has 3 nitrogen and oxygen atoms in total. The molecule has 0 heterocycles. The summed E-state index contributed by atoms with van der Waals surface area (Å²) in [5.41, 5.74) is 0. The first kappa shape index (κ1) is 13.1. The van der Waals surface area contributed by atoms with Gasteiger partial charge in [-0.05, 0) is 12.1 Å². The molecule has 62 valence electrons. The van der Waals surface area contributed by atoms with E-state index >= 15 is 0 Å². The molecular weight excluding hydrogens is 227 g/mol. The van der Waals surface area contributed by atoms with Crippen molar-refractivity contribution in [2.45, 2.75) is 4.90 Å². The first-order valence-electron chi connectivity index (χ1n) is 2.74. The predicted molar refractivity (Wildman–Crippen MR) is 48.4 cm³/mol. The summed E-state index contributed by atoms with van der Waals surface area (Å²) in [7, 11) is -4.17. The molecule has 1 N–H and O–H groups in total. The molecule has 0 aliphatic heterocycles. The molecule has 1 aromatic carbocycles. The summed E-state index contributed by atoms with van der Waals surface area (Å²) in [4.78, 5) is -0.262. The normalized spacial score (nSPS) is 10.5. The third-order valence-electron chi connectivity index (χ3n) is 1.11. The topological polar surface area (TPSA) is 54.4 Å². The van der Waals surface area contributed by atoms with Gasteiger partial charge in [-0.2, -0.15) is 8.42 Å². The fraction of sp³-hybridized carbons (Fsp3) is 0. The van der Waals surface area contributed by atoms with Crippen LogP contribution >= 0.6 is 11.6 Å². The van der Waals surface area contributed by atoms with Gasteiger partial charge in [0, 0.05) is 0 Å². The van der Waals surface area contributed by atoms with E-state index in [1.165, 1.54) is 18.2 Å². The van der Waals surface area contributed by atoms with Gasteiger partial charge in [0.15, 0.2) is 0 Å². The van der Waals surface area contributed by atoms with E-state index in [0.717, 1.165) is 0 Å². The maximum absolute atomic E-state index is 10.5. The van der Waals surface area contributed by atoms with Crippen LogP contribution in [0.1, 0.15) is 0 Å². The van der Waals surface area contributed by atoms with Crippen molar-refractivity contribution in [3.8, 4) is 0 Å². The van der Waals surface area contributed by atoms with Crippen molar-refractivity contribution >= 4 is 73.1 Å². The van der Waals surface area contributed by atoms with Crippen LogP contribution in [0.25, 0.3) is 0 Å². The number of benzene rings is 1. The molecule has 0 bridgehead atoms. The van der Waals surface area contributed by atoms with Crippen LogP contribution in [0.2, 0.25) is 5.02 Å². The Morgan fingerprint density at radius 1 is 1.25 bits per heavy atom. The van der Waals surface area contributed by atoms with Gasteiger partial charge < -0.3 is 0 Å². The van der Waals surface area contributed by atoms with Gasteiger partial charge in [-0.25, -0.2) is 0 Å². The SMILES string of the molecule is O=S(=O)(O)c1ccccc1Cl.[KH]. The molecule has 0 atom stereocenters. The van der Waals surface area contributed by atoms with Crippen molar-refractivity contribution in [1.82, 2.24) is 0 Å². The number of hydrogen-bond donors (Lipinski definition) is 1. The number of hydrogen-bond acceptors (Lipinski definition) is 2. The van der Waals surface area contributed by atoms with Crippen molar-refractivity contribution in [2.24, 2.45) is 0 Å². The summed E-state index contributed by atoms with van der Waals surface area (Å²) in [5.74, 6) is 0. The summed E-state index contributed by atoms with van der Waals surface area (Å²) in [5, 5.41) is 0.0231. The molecule has 0 amide bonds. The third kappa shape index (κ3) is 3.43. The number of halogens is 1. The maximum atomic E-state index is 10.5. The molecule has 0 saturated heterocycles. The summed E-state index contributed by atoms with van der Waals surface area (Å²) in [6, 6.07) is 5.69. The van der Waals surface area contributed by atoms with E-state index in [2.05, 4.69) is 0 Å². The van der Waals surface area contributed by atoms with Gasteiger partial charge in [0.05, 0.1) is 5.02 Å². The quantitative estimate of drug-likeness (QED) is 0.579. The Hall–Kier alpha value is 1.06. The Bertz CT molecular complexity index is 363. The van der Waals surface area contributed by atoms with E-state index in [1.807, 2.05) is 0 Å². The van der Waals surface area contributed by atoms with Crippen molar-refractivity contribution in [3.05, 3.63) is 29.3 Å². The molecule has 0 aromatic heterocycles. The molecule has 0 radical (unpaired) electrons. The molecule has 1 rings (SSSR count). The first-order chi connectivity index (χ1) is 5.02. The van der Waals surface area contributed by atoms with E-state index in [-0.39, 0.29) is 61.3 Å². The number of rotatable bonds is 1. The molecule has 6 heteroatoms. The van der Waals surface area contributed by atoms with Gasteiger partial charge in [0.1, 0.15) is 4.90 Å². The zero-order chi connectivity index (χ0) is 8.48. The summed E-state index contributed by atoms with van der Waals surface area (Å²) >= 11 is 5.47. The van der Waals surface area contributed by atoms with E-state index < -0.39 is 10.1 Å². The van der Waals surface area contributed by atoms with E-state index in [9.17, 15) is 8.42 Å². The van der Waals surface area contributed by atoms with E-state index in [0.29, 0.717) is 0 Å². The second-order valence-electron chi connectivity index (χ2n) is 1.91. The minimum atomic E-state index is -4.17. The van der Waals surface area contributed by atoms with Crippen LogP contribution in [0.15, 0.2) is 29.2 Å². The average molecular weight is 233 g/mol. The van der Waals surface area contributed by atoms with Crippen LogP contribution in [0.3, 0.4) is 0 Å². The molecule has 0 unspecified atom stereocenters. The van der Waals surface area contributed by atoms with Crippen LogP contribution < -0.4 is 0 Å². The predicted octanol–water partition coefficient (Wildman–Crippen LogP) is 0.938. The van der Waals surface area contributed by atoms with E-state index in [4.69, 9.17) is 16.2 Å². The van der Waals surface area contributed by atoms with Crippen molar-refractivity contribution < 1.29 is 13.0 Å². The molecular formula is C6H6ClKO3S. The average Bonchev–Trinajstić information content (AvgIpc) is 1.86. The minimum absolute atomic E-state index is 0. The molecule has 0 aliphatic rings. The Labute approximate surface area is 118 Å². The molecule has 1 aromatic rings. The second kappa shape index (κ2) is 5.07. The monoisotopic (exact) mass is 232 g/mol. The molecule has 12 heavy (non-hydrogen) atoms. The van der Waals surface area contributed by atoms with Crippen molar-refractivity contribution in [2.75, 3.05) is 0 Å². The van der Waals surface area contributed by atoms with Crippen LogP contribution in [0, 0.1) is 0 Å². The molecule has 0 fully saturated rings. The summed E-state index contributed by atoms with van der Waals surface area (Å²) in [6.45, 7) is 0. The first-order valence-corrected chi connectivity index (χ1v) is 4.55. The fourth-order valence-electron chi connectivity index (χ4n) is 0.654. The Morgan fingerprint density at radius 3 is 2.08 bits per heavy atom. The van der Waals surface area contributed by atoms with Gasteiger partial charge in [-0.15, -0.1) is 0 Å². The molecule has 0 saturated carbocycles. The Kier molecular flexibility index (Phi) is 5.51. The van der Waals surface area contributed by atoms with Gasteiger partial charge >= 0.3 is 51.4 Å². The van der Waals surface area contributed by atoms with Gasteiger partial charge in [-0.1, -0.05) is 23.7 Å². The molecule has 0 spiro atoms. The standard InChI is InChI=1S/C6H5ClO3S.K.H/c7-5-3-1-2-4-6(5)11(8,9)10;;/h1-4H,(H,8,9,10);;. The zero-order valence-electron chi connectivity index (χ0n) is 5.36. The zero-order valence-corrected chi connectivity index (χ0v) is 6.93. The van der Waals surface area contributed by atoms with Crippen molar-refractivity contribution in [3.63, 3.8) is 0 Å².